The van der Waals surface area contributed by atoms with Gasteiger partial charge < -0.3 is 4.74 Å². The minimum Gasteiger partial charge on any atom is -0.494 e. The highest BCUT2D eigenvalue weighted by atomic mass is 35.5. The Bertz CT molecular complexity index is 455. The van der Waals surface area contributed by atoms with Gasteiger partial charge in [-0.05, 0) is 26.8 Å². The smallest absolute Gasteiger partial charge is 0.171 e. The van der Waals surface area contributed by atoms with Gasteiger partial charge in [-0.25, -0.2) is 9.19 Å². The lowest BCUT2D eigenvalue weighted by molar-refractivity contribution is 0.413. The van der Waals surface area contributed by atoms with Crippen molar-refractivity contribution in [1.82, 2.24) is 4.98 Å². The Morgan fingerprint density at radius 2 is 2.18 bits per heavy atom. The van der Waals surface area contributed by atoms with Gasteiger partial charge >= 0.3 is 0 Å². The molecule has 1 aromatic heterocycles. The minimum atomic E-state index is -1.28. The van der Waals surface area contributed by atoms with E-state index in [2.05, 4.69) is 9.38 Å². The largest absolute Gasteiger partial charge is 0.494 e. The van der Waals surface area contributed by atoms with E-state index in [1.165, 1.54) is 13.3 Å². The highest BCUT2D eigenvalue weighted by molar-refractivity contribution is 7.85. The Balaban J connectivity index is 2.89. The number of aromatic nitrogens is 1. The molecule has 17 heavy (non-hydrogen) atoms. The van der Waals surface area contributed by atoms with Gasteiger partial charge in [-0.3, -0.25) is 0 Å². The second-order valence-electron chi connectivity index (χ2n) is 4.36. The van der Waals surface area contributed by atoms with Gasteiger partial charge in [0.2, 0.25) is 0 Å². The van der Waals surface area contributed by atoms with Crippen LogP contribution in [0.4, 0.5) is 0 Å². The maximum Gasteiger partial charge on any atom is 0.171 e. The first kappa shape index (κ1) is 14.1. The summed E-state index contributed by atoms with van der Waals surface area (Å²) in [4.78, 5) is 3.94. The first-order chi connectivity index (χ1) is 7.84. The van der Waals surface area contributed by atoms with Gasteiger partial charge in [0.05, 0.1) is 11.9 Å². The summed E-state index contributed by atoms with van der Waals surface area (Å²) in [6.07, 6.45) is 3.06. The maximum atomic E-state index is 11.7. The van der Waals surface area contributed by atoms with Gasteiger partial charge in [-0.2, -0.15) is 4.40 Å². The molecule has 0 bridgehead atoms. The summed E-state index contributed by atoms with van der Waals surface area (Å²) in [5.41, 5.74) is 0.698. The molecule has 0 aliphatic rings. The predicted octanol–water partition coefficient (Wildman–Crippen LogP) is 2.62. The van der Waals surface area contributed by atoms with E-state index in [0.717, 1.165) is 0 Å². The molecule has 6 heteroatoms. The van der Waals surface area contributed by atoms with E-state index < -0.39 is 11.0 Å². The highest BCUT2D eigenvalue weighted by Crippen LogP contribution is 2.21. The van der Waals surface area contributed by atoms with Crippen molar-refractivity contribution in [2.24, 2.45) is 4.40 Å². The third-order valence-corrected chi connectivity index (χ3v) is 3.50. The summed E-state index contributed by atoms with van der Waals surface area (Å²) in [5.74, 6) is 0.470. The monoisotopic (exact) mass is 274 g/mol. The van der Waals surface area contributed by atoms with Crippen LogP contribution in [0.2, 0.25) is 5.15 Å². The maximum absolute atomic E-state index is 11.7. The molecule has 0 aliphatic heterocycles. The Morgan fingerprint density at radius 3 is 2.71 bits per heavy atom. The van der Waals surface area contributed by atoms with Gasteiger partial charge in [0.1, 0.15) is 11.0 Å². The van der Waals surface area contributed by atoms with Crippen molar-refractivity contribution >= 4 is 28.8 Å². The van der Waals surface area contributed by atoms with E-state index in [-0.39, 0.29) is 4.75 Å². The lowest BCUT2D eigenvalue weighted by atomic mass is 10.3. The quantitative estimate of drug-likeness (QED) is 0.629. The zero-order chi connectivity index (χ0) is 13.1. The molecular weight excluding hydrogens is 260 g/mol. The zero-order valence-corrected chi connectivity index (χ0v) is 11.8. The summed E-state index contributed by atoms with van der Waals surface area (Å²) in [5, 5.41) is 0.293. The Morgan fingerprint density at radius 1 is 1.53 bits per heavy atom. The topological polar surface area (TPSA) is 51.5 Å². The third kappa shape index (κ3) is 4.09. The second-order valence-corrected chi connectivity index (χ2v) is 6.65. The number of ether oxygens (including phenoxy) is 1. The average Bonchev–Trinajstić information content (AvgIpc) is 2.26. The summed E-state index contributed by atoms with van der Waals surface area (Å²) in [6.45, 7) is 5.59. The van der Waals surface area contributed by atoms with E-state index in [4.69, 9.17) is 16.3 Å². The number of hydrogen-bond acceptors (Lipinski definition) is 3. The molecule has 0 amide bonds. The molecule has 94 valence electrons. The molecule has 1 heterocycles. The van der Waals surface area contributed by atoms with Crippen LogP contribution in [0.25, 0.3) is 0 Å². The number of halogens is 1. The van der Waals surface area contributed by atoms with Crippen LogP contribution in [0.5, 0.6) is 5.75 Å². The fraction of sp³-hybridized carbons (Fsp3) is 0.455. The van der Waals surface area contributed by atoms with Crippen LogP contribution >= 0.6 is 11.6 Å². The molecular formula is C11H15ClN2O2S. The van der Waals surface area contributed by atoms with Crippen molar-refractivity contribution in [3.8, 4) is 5.75 Å². The molecule has 0 fully saturated rings. The van der Waals surface area contributed by atoms with Gasteiger partial charge in [-0.15, -0.1) is 0 Å². The normalized spacial score (nSPS) is 13.9. The molecule has 0 saturated carbocycles. The molecule has 4 nitrogen and oxygen atoms in total. The zero-order valence-electron chi connectivity index (χ0n) is 10.2. The lowest BCUT2D eigenvalue weighted by Gasteiger charge is -2.12. The van der Waals surface area contributed by atoms with Crippen molar-refractivity contribution in [3.05, 3.63) is 23.0 Å². The molecule has 0 N–H and O–H groups in total. The third-order valence-electron chi connectivity index (χ3n) is 1.87. The van der Waals surface area contributed by atoms with Crippen LogP contribution < -0.4 is 4.74 Å². The first-order valence-electron chi connectivity index (χ1n) is 5.00. The number of methoxy groups -OCH3 is 1. The molecule has 1 rings (SSSR count). The molecule has 0 aliphatic carbocycles. The lowest BCUT2D eigenvalue weighted by Crippen LogP contribution is -2.19. The molecule has 1 atom stereocenters. The van der Waals surface area contributed by atoms with E-state index in [9.17, 15) is 4.21 Å². The van der Waals surface area contributed by atoms with Crippen molar-refractivity contribution in [1.29, 1.82) is 0 Å². The van der Waals surface area contributed by atoms with Gasteiger partial charge in [0.25, 0.3) is 0 Å². The Labute approximate surface area is 109 Å². The first-order valence-corrected chi connectivity index (χ1v) is 6.48. The van der Waals surface area contributed by atoms with E-state index in [1.54, 1.807) is 12.3 Å². The molecule has 0 spiro atoms. The fourth-order valence-corrected chi connectivity index (χ4v) is 1.64. The van der Waals surface area contributed by atoms with E-state index in [1.807, 2.05) is 20.8 Å². The van der Waals surface area contributed by atoms with Gasteiger partial charge in [-0.1, -0.05) is 11.6 Å². The number of pyridine rings is 1. The summed E-state index contributed by atoms with van der Waals surface area (Å²) >= 11 is 5.79. The van der Waals surface area contributed by atoms with E-state index in [0.29, 0.717) is 16.5 Å². The molecule has 0 aromatic carbocycles. The van der Waals surface area contributed by atoms with Gasteiger partial charge in [0.15, 0.2) is 10.9 Å². The standard InChI is InChI=1S/C11H15ClN2O2S/c1-11(2,3)17(15)14-7-8-5-9(16-4)10(12)13-6-8/h5-7H,1-4H3. The van der Waals surface area contributed by atoms with Crippen LogP contribution in [0.1, 0.15) is 26.3 Å². The molecule has 0 saturated heterocycles. The highest BCUT2D eigenvalue weighted by Gasteiger charge is 2.18. The van der Waals surface area contributed by atoms with Crippen molar-refractivity contribution in [2.75, 3.05) is 7.11 Å². The SMILES string of the molecule is COc1cc(C=NS(=O)C(C)(C)C)cnc1Cl. The van der Waals surface area contributed by atoms with Gasteiger partial charge in [0, 0.05) is 18.0 Å². The number of rotatable bonds is 3. The van der Waals surface area contributed by atoms with Crippen molar-refractivity contribution < 1.29 is 8.95 Å². The number of hydrogen-bond donors (Lipinski definition) is 0. The molecule has 1 aromatic rings. The van der Waals surface area contributed by atoms with Crippen LogP contribution in [-0.2, 0) is 11.0 Å². The molecule has 1 unspecified atom stereocenters. The Hall–Kier alpha value is -0.940. The van der Waals surface area contributed by atoms with Crippen LogP contribution in [-0.4, -0.2) is 27.3 Å². The average molecular weight is 275 g/mol. The predicted molar refractivity (Wildman–Crippen MR) is 71.3 cm³/mol. The second kappa shape index (κ2) is 5.60. The summed E-state index contributed by atoms with van der Waals surface area (Å²) in [6, 6.07) is 1.69. The van der Waals surface area contributed by atoms with Crippen LogP contribution in [0.3, 0.4) is 0 Å². The van der Waals surface area contributed by atoms with Crippen LogP contribution in [0.15, 0.2) is 16.7 Å². The molecule has 0 radical (unpaired) electrons. The summed E-state index contributed by atoms with van der Waals surface area (Å²) < 4.78 is 20.3. The summed E-state index contributed by atoms with van der Waals surface area (Å²) in [7, 11) is 0.227. The Kier molecular flexibility index (Phi) is 4.65. The fourth-order valence-electron chi connectivity index (χ4n) is 0.924. The van der Waals surface area contributed by atoms with Crippen molar-refractivity contribution in [2.45, 2.75) is 25.5 Å². The number of nitrogens with zero attached hydrogens (tertiary/aromatic N) is 2. The minimum absolute atomic E-state index is 0.293. The van der Waals surface area contributed by atoms with Crippen LogP contribution in [0, 0.1) is 0 Å². The van der Waals surface area contributed by atoms with Crippen molar-refractivity contribution in [3.63, 3.8) is 0 Å². The van der Waals surface area contributed by atoms with E-state index >= 15 is 0 Å².